The molecular weight excluding hydrogens is 515 g/mol. The van der Waals surface area contributed by atoms with Crippen LogP contribution in [0.1, 0.15) is 24.1 Å². The molecular formula is C25H31IN4O2. The highest BCUT2D eigenvalue weighted by Crippen LogP contribution is 2.20. The third kappa shape index (κ3) is 6.48. The van der Waals surface area contributed by atoms with Gasteiger partial charge in [0.1, 0.15) is 18.1 Å². The molecule has 2 heterocycles. The highest BCUT2D eigenvalue weighted by atomic mass is 127. The molecule has 1 fully saturated rings. The molecule has 6 nitrogen and oxygen atoms in total. The van der Waals surface area contributed by atoms with Crippen LogP contribution in [0, 0.1) is 6.92 Å². The van der Waals surface area contributed by atoms with Crippen molar-refractivity contribution < 1.29 is 9.15 Å². The molecule has 1 aromatic heterocycles. The summed E-state index contributed by atoms with van der Waals surface area (Å²) in [4.78, 5) is 11.4. The van der Waals surface area contributed by atoms with Crippen molar-refractivity contribution in [1.29, 1.82) is 0 Å². The minimum atomic E-state index is 0. The van der Waals surface area contributed by atoms with Gasteiger partial charge >= 0.3 is 0 Å². The highest BCUT2D eigenvalue weighted by Gasteiger charge is 2.22. The van der Waals surface area contributed by atoms with Crippen molar-refractivity contribution in [2.45, 2.75) is 32.3 Å². The van der Waals surface area contributed by atoms with Gasteiger partial charge in [-0.15, -0.1) is 24.0 Å². The van der Waals surface area contributed by atoms with Gasteiger partial charge in [0, 0.05) is 51.5 Å². The monoisotopic (exact) mass is 546 g/mol. The van der Waals surface area contributed by atoms with Crippen molar-refractivity contribution in [1.82, 2.24) is 15.2 Å². The molecule has 1 saturated heterocycles. The van der Waals surface area contributed by atoms with E-state index in [1.54, 1.807) is 6.26 Å². The number of para-hydroxylation sites is 1. The van der Waals surface area contributed by atoms with E-state index in [-0.39, 0.29) is 30.1 Å². The number of ether oxygens (including phenoxy) is 1. The van der Waals surface area contributed by atoms with Crippen LogP contribution >= 0.6 is 24.0 Å². The van der Waals surface area contributed by atoms with Gasteiger partial charge in [0.25, 0.3) is 0 Å². The topological polar surface area (TPSA) is 62.9 Å². The molecule has 1 aliphatic heterocycles. The Labute approximate surface area is 207 Å². The van der Waals surface area contributed by atoms with Gasteiger partial charge in [-0.1, -0.05) is 35.9 Å². The van der Waals surface area contributed by atoms with Gasteiger partial charge in [0.2, 0.25) is 5.89 Å². The molecule has 4 rings (SSSR count). The Morgan fingerprint density at radius 2 is 1.84 bits per heavy atom. The van der Waals surface area contributed by atoms with E-state index < -0.39 is 0 Å². The van der Waals surface area contributed by atoms with Gasteiger partial charge < -0.3 is 19.4 Å². The summed E-state index contributed by atoms with van der Waals surface area (Å²) in [6, 6.07) is 18.3. The molecule has 0 aliphatic carbocycles. The summed E-state index contributed by atoms with van der Waals surface area (Å²) < 4.78 is 11.8. The third-order valence-electron chi connectivity index (χ3n) is 5.51. The molecule has 0 radical (unpaired) electrons. The number of nitrogens with one attached hydrogen (secondary N) is 1. The normalized spacial score (nSPS) is 14.7. The summed E-state index contributed by atoms with van der Waals surface area (Å²) in [6.07, 6.45) is 4.75. The first kappa shape index (κ1) is 24.1. The number of benzene rings is 2. The Morgan fingerprint density at radius 3 is 2.53 bits per heavy atom. The van der Waals surface area contributed by atoms with E-state index in [2.05, 4.69) is 39.2 Å². The average molecular weight is 546 g/mol. The van der Waals surface area contributed by atoms with Crippen LogP contribution in [-0.2, 0) is 6.42 Å². The average Bonchev–Trinajstić information content (AvgIpc) is 3.28. The molecule has 0 spiro atoms. The Kier molecular flexibility index (Phi) is 8.96. The number of hydrogen-bond acceptors (Lipinski definition) is 4. The first-order valence-electron chi connectivity index (χ1n) is 10.9. The molecule has 32 heavy (non-hydrogen) atoms. The summed E-state index contributed by atoms with van der Waals surface area (Å²) in [5.41, 5.74) is 3.16. The molecule has 7 heteroatoms. The van der Waals surface area contributed by atoms with Crippen LogP contribution in [0.15, 0.2) is 70.3 Å². The minimum absolute atomic E-state index is 0. The summed E-state index contributed by atoms with van der Waals surface area (Å²) in [5, 5.41) is 3.46. The molecule has 0 amide bonds. The SMILES string of the molecule is CN=C(NCCc1coc(-c2ccc(C)cc2)n1)N1CCC(Oc2ccccc2)CC1.I. The predicted octanol–water partition coefficient (Wildman–Crippen LogP) is 4.93. The molecule has 0 atom stereocenters. The first-order chi connectivity index (χ1) is 15.2. The van der Waals surface area contributed by atoms with Gasteiger partial charge in [-0.25, -0.2) is 4.98 Å². The molecule has 3 aromatic rings. The van der Waals surface area contributed by atoms with Gasteiger partial charge in [-0.3, -0.25) is 4.99 Å². The lowest BCUT2D eigenvalue weighted by Crippen LogP contribution is -2.47. The summed E-state index contributed by atoms with van der Waals surface area (Å²) in [7, 11) is 1.83. The molecule has 1 N–H and O–H groups in total. The van der Waals surface area contributed by atoms with Crippen LogP contribution in [0.25, 0.3) is 11.5 Å². The number of piperidine rings is 1. The van der Waals surface area contributed by atoms with Crippen LogP contribution in [-0.4, -0.2) is 48.6 Å². The largest absolute Gasteiger partial charge is 0.490 e. The highest BCUT2D eigenvalue weighted by molar-refractivity contribution is 14.0. The maximum absolute atomic E-state index is 6.10. The fourth-order valence-electron chi connectivity index (χ4n) is 3.76. The van der Waals surface area contributed by atoms with Crippen LogP contribution in [0.3, 0.4) is 0 Å². The number of nitrogens with zero attached hydrogens (tertiary/aromatic N) is 3. The number of aromatic nitrogens is 1. The van der Waals surface area contributed by atoms with E-state index >= 15 is 0 Å². The van der Waals surface area contributed by atoms with Crippen molar-refractivity contribution >= 4 is 29.9 Å². The van der Waals surface area contributed by atoms with E-state index in [0.29, 0.717) is 5.89 Å². The van der Waals surface area contributed by atoms with Crippen LogP contribution in [0.4, 0.5) is 0 Å². The van der Waals surface area contributed by atoms with Crippen molar-refractivity contribution in [3.8, 4) is 17.2 Å². The van der Waals surface area contributed by atoms with Crippen LogP contribution < -0.4 is 10.1 Å². The van der Waals surface area contributed by atoms with Gasteiger partial charge in [-0.05, 0) is 31.2 Å². The van der Waals surface area contributed by atoms with Crippen molar-refractivity contribution in [2.24, 2.45) is 4.99 Å². The van der Waals surface area contributed by atoms with E-state index in [9.17, 15) is 0 Å². The maximum Gasteiger partial charge on any atom is 0.226 e. The first-order valence-corrected chi connectivity index (χ1v) is 10.9. The molecule has 0 unspecified atom stereocenters. The Balaban J connectivity index is 0.00000289. The maximum atomic E-state index is 6.10. The number of guanidine groups is 1. The number of hydrogen-bond donors (Lipinski definition) is 1. The molecule has 170 valence electrons. The molecule has 0 bridgehead atoms. The van der Waals surface area contributed by atoms with E-state index in [1.165, 1.54) is 5.56 Å². The zero-order valence-electron chi connectivity index (χ0n) is 18.7. The van der Waals surface area contributed by atoms with Crippen molar-refractivity contribution in [3.05, 3.63) is 72.1 Å². The Morgan fingerprint density at radius 1 is 1.12 bits per heavy atom. The molecule has 2 aromatic carbocycles. The smallest absolute Gasteiger partial charge is 0.226 e. The number of aliphatic imine (C=N–C) groups is 1. The van der Waals surface area contributed by atoms with Crippen LogP contribution in [0.5, 0.6) is 5.75 Å². The number of likely N-dealkylation sites (tertiary alicyclic amines) is 1. The van der Waals surface area contributed by atoms with Gasteiger partial charge in [0.05, 0.1) is 5.69 Å². The predicted molar refractivity (Wildman–Crippen MR) is 139 cm³/mol. The second-order valence-corrected chi connectivity index (χ2v) is 7.85. The fourth-order valence-corrected chi connectivity index (χ4v) is 3.76. The fraction of sp³-hybridized carbons (Fsp3) is 0.360. The number of oxazole rings is 1. The van der Waals surface area contributed by atoms with E-state index in [0.717, 1.165) is 61.9 Å². The summed E-state index contributed by atoms with van der Waals surface area (Å²) in [6.45, 7) is 4.69. The lowest BCUT2D eigenvalue weighted by Gasteiger charge is -2.34. The quantitative estimate of drug-likeness (QED) is 0.270. The van der Waals surface area contributed by atoms with E-state index in [4.69, 9.17) is 9.15 Å². The molecule has 0 saturated carbocycles. The van der Waals surface area contributed by atoms with E-state index in [1.807, 2.05) is 49.5 Å². The lowest BCUT2D eigenvalue weighted by molar-refractivity contribution is 0.129. The number of aryl methyl sites for hydroxylation is 1. The number of rotatable bonds is 6. The summed E-state index contributed by atoms with van der Waals surface area (Å²) >= 11 is 0. The second kappa shape index (κ2) is 11.9. The number of halogens is 1. The molecule has 1 aliphatic rings. The van der Waals surface area contributed by atoms with Gasteiger partial charge in [0.15, 0.2) is 5.96 Å². The zero-order chi connectivity index (χ0) is 21.5. The zero-order valence-corrected chi connectivity index (χ0v) is 21.0. The third-order valence-corrected chi connectivity index (χ3v) is 5.51. The summed E-state index contributed by atoms with van der Waals surface area (Å²) in [5.74, 6) is 2.54. The standard InChI is InChI=1S/C25H30N4O2.HI/c1-19-8-10-20(11-9-19)24-28-21(18-30-24)12-15-27-25(26-2)29-16-13-23(14-17-29)31-22-6-4-3-5-7-22;/h3-11,18,23H,12-17H2,1-2H3,(H,26,27);1H. The minimum Gasteiger partial charge on any atom is -0.490 e. The van der Waals surface area contributed by atoms with Crippen molar-refractivity contribution in [3.63, 3.8) is 0 Å². The second-order valence-electron chi connectivity index (χ2n) is 7.85. The Bertz CT molecular complexity index is 981. The lowest BCUT2D eigenvalue weighted by atomic mass is 10.1. The van der Waals surface area contributed by atoms with Gasteiger partial charge in [-0.2, -0.15) is 0 Å². The van der Waals surface area contributed by atoms with Crippen molar-refractivity contribution in [2.75, 3.05) is 26.7 Å². The Hall–Kier alpha value is -2.55. The van der Waals surface area contributed by atoms with Crippen LogP contribution in [0.2, 0.25) is 0 Å².